The Labute approximate surface area is 116 Å². The van der Waals surface area contributed by atoms with Crippen LogP contribution in [0.25, 0.3) is 0 Å². The zero-order chi connectivity index (χ0) is 13.7. The summed E-state index contributed by atoms with van der Waals surface area (Å²) in [7, 11) is 1.60. The first-order chi connectivity index (χ1) is 9.21. The van der Waals surface area contributed by atoms with Crippen LogP contribution in [0.15, 0.2) is 35.2 Å². The van der Waals surface area contributed by atoms with Crippen LogP contribution in [-0.2, 0) is 11.3 Å². The minimum Gasteiger partial charge on any atom is -0.384 e. The Kier molecular flexibility index (Phi) is 4.59. The van der Waals surface area contributed by atoms with E-state index in [1.165, 1.54) is 4.90 Å². The highest BCUT2D eigenvalue weighted by Crippen LogP contribution is 2.20. The summed E-state index contributed by atoms with van der Waals surface area (Å²) in [6, 6.07) is 9.79. The number of hydrogen-bond acceptors (Lipinski definition) is 6. The van der Waals surface area contributed by atoms with Crippen molar-refractivity contribution in [2.45, 2.75) is 11.5 Å². The molecule has 3 N–H and O–H groups in total. The fourth-order valence-electron chi connectivity index (χ4n) is 1.60. The molecular weight excluding hydrogens is 260 g/mol. The van der Waals surface area contributed by atoms with E-state index in [0.29, 0.717) is 24.1 Å². The third kappa shape index (κ3) is 3.84. The zero-order valence-electron chi connectivity index (χ0n) is 10.9. The summed E-state index contributed by atoms with van der Waals surface area (Å²) in [5.41, 5.74) is 6.70. The molecule has 0 atom stereocenters. The number of aromatic nitrogens is 2. The van der Waals surface area contributed by atoms with Crippen LogP contribution in [0.5, 0.6) is 0 Å². The molecule has 0 saturated heterocycles. The quantitative estimate of drug-likeness (QED) is 0.818. The molecule has 1 aromatic heterocycles. The zero-order valence-corrected chi connectivity index (χ0v) is 11.7. The van der Waals surface area contributed by atoms with Gasteiger partial charge in [-0.25, -0.2) is 9.97 Å². The number of hydrogen-bond donors (Lipinski definition) is 2. The number of benzene rings is 1. The molecule has 6 heteroatoms. The van der Waals surface area contributed by atoms with Gasteiger partial charge < -0.3 is 15.8 Å². The number of rotatable bonds is 5. The predicted octanol–water partition coefficient (Wildman–Crippen LogP) is 2.67. The lowest BCUT2D eigenvalue weighted by atomic mass is 10.3. The van der Waals surface area contributed by atoms with E-state index in [0.717, 1.165) is 5.69 Å². The molecule has 0 aliphatic carbocycles. The van der Waals surface area contributed by atoms with Crippen LogP contribution in [0.3, 0.4) is 0 Å². The second-order valence-corrected chi connectivity index (χ2v) is 4.76. The second kappa shape index (κ2) is 6.40. The van der Waals surface area contributed by atoms with E-state index in [-0.39, 0.29) is 0 Å². The molecule has 0 fully saturated rings. The lowest BCUT2D eigenvalue weighted by molar-refractivity contribution is 0.178. The van der Waals surface area contributed by atoms with Crippen LogP contribution in [0.4, 0.5) is 17.3 Å². The number of ether oxygens (including phenoxy) is 1. The van der Waals surface area contributed by atoms with E-state index in [1.54, 1.807) is 24.9 Å². The van der Waals surface area contributed by atoms with Crippen molar-refractivity contribution in [2.24, 2.45) is 0 Å². The van der Waals surface area contributed by atoms with Crippen LogP contribution >= 0.6 is 11.8 Å². The van der Waals surface area contributed by atoms with Gasteiger partial charge in [0.1, 0.15) is 18.2 Å². The standard InChI is InChI=1S/C13H16N4OS/c1-18-8-13-16-11(14)7-12(17-13)15-9-3-5-10(19-2)6-4-9/h3-7H,8H2,1-2H3,(H3,14,15,16,17). The van der Waals surface area contributed by atoms with Crippen LogP contribution < -0.4 is 11.1 Å². The fraction of sp³-hybridized carbons (Fsp3) is 0.231. The number of nitrogens with one attached hydrogen (secondary N) is 1. The second-order valence-electron chi connectivity index (χ2n) is 3.88. The van der Waals surface area contributed by atoms with Gasteiger partial charge in [-0.2, -0.15) is 0 Å². The van der Waals surface area contributed by atoms with Gasteiger partial charge in [-0.1, -0.05) is 0 Å². The highest BCUT2D eigenvalue weighted by molar-refractivity contribution is 7.98. The molecule has 1 aromatic carbocycles. The first-order valence-electron chi connectivity index (χ1n) is 5.74. The lowest BCUT2D eigenvalue weighted by Gasteiger charge is -2.08. The molecule has 0 aliphatic rings. The SMILES string of the molecule is COCc1nc(N)cc(Nc2ccc(SC)cc2)n1. The van der Waals surface area contributed by atoms with Crippen molar-refractivity contribution in [3.05, 3.63) is 36.2 Å². The van der Waals surface area contributed by atoms with Crippen LogP contribution in [-0.4, -0.2) is 23.3 Å². The van der Waals surface area contributed by atoms with Gasteiger partial charge in [-0.15, -0.1) is 11.8 Å². The van der Waals surface area contributed by atoms with Gasteiger partial charge in [0.25, 0.3) is 0 Å². The molecule has 2 rings (SSSR count). The molecule has 0 unspecified atom stereocenters. The maximum Gasteiger partial charge on any atom is 0.158 e. The summed E-state index contributed by atoms with van der Waals surface area (Å²) in [6.45, 7) is 0.338. The molecule has 0 radical (unpaired) electrons. The van der Waals surface area contributed by atoms with Crippen molar-refractivity contribution in [3.8, 4) is 0 Å². The van der Waals surface area contributed by atoms with Crippen LogP contribution in [0.2, 0.25) is 0 Å². The molecule has 100 valence electrons. The Morgan fingerprint density at radius 3 is 2.63 bits per heavy atom. The first-order valence-corrected chi connectivity index (χ1v) is 6.97. The van der Waals surface area contributed by atoms with Gasteiger partial charge in [0, 0.05) is 23.8 Å². The normalized spacial score (nSPS) is 10.4. The van der Waals surface area contributed by atoms with Crippen molar-refractivity contribution in [1.82, 2.24) is 9.97 Å². The first kappa shape index (κ1) is 13.6. The van der Waals surface area contributed by atoms with Crippen molar-refractivity contribution in [2.75, 3.05) is 24.4 Å². The third-order valence-corrected chi connectivity index (χ3v) is 3.17. The van der Waals surface area contributed by atoms with Gasteiger partial charge in [0.2, 0.25) is 0 Å². The minimum absolute atomic E-state index is 0.338. The molecule has 0 saturated carbocycles. The largest absolute Gasteiger partial charge is 0.384 e. The summed E-state index contributed by atoms with van der Waals surface area (Å²) in [4.78, 5) is 9.64. The van der Waals surface area contributed by atoms with Crippen LogP contribution in [0.1, 0.15) is 5.82 Å². The monoisotopic (exact) mass is 276 g/mol. The Balaban J connectivity index is 2.17. The number of methoxy groups -OCH3 is 1. The third-order valence-electron chi connectivity index (χ3n) is 2.43. The van der Waals surface area contributed by atoms with E-state index in [2.05, 4.69) is 15.3 Å². The Hall–Kier alpha value is -1.79. The van der Waals surface area contributed by atoms with E-state index in [9.17, 15) is 0 Å². The van der Waals surface area contributed by atoms with Crippen LogP contribution in [0, 0.1) is 0 Å². The number of nitrogens with zero attached hydrogens (tertiary/aromatic N) is 2. The molecule has 1 heterocycles. The minimum atomic E-state index is 0.338. The molecule has 0 amide bonds. The number of anilines is 3. The maximum absolute atomic E-state index is 5.74. The summed E-state index contributed by atoms with van der Waals surface area (Å²) < 4.78 is 5.01. The topological polar surface area (TPSA) is 73.1 Å². The molecular formula is C13H16N4OS. The Bertz CT molecular complexity index is 545. The van der Waals surface area contributed by atoms with E-state index >= 15 is 0 Å². The predicted molar refractivity (Wildman–Crippen MR) is 78.7 cm³/mol. The fourth-order valence-corrected chi connectivity index (χ4v) is 2.01. The molecule has 0 bridgehead atoms. The van der Waals surface area contributed by atoms with E-state index in [4.69, 9.17) is 10.5 Å². The molecule has 0 spiro atoms. The number of nitrogens with two attached hydrogens (primary N) is 1. The summed E-state index contributed by atoms with van der Waals surface area (Å²) in [6.07, 6.45) is 2.05. The highest BCUT2D eigenvalue weighted by Gasteiger charge is 2.03. The van der Waals surface area contributed by atoms with Gasteiger partial charge in [0.05, 0.1) is 0 Å². The maximum atomic E-state index is 5.74. The molecule has 2 aromatic rings. The highest BCUT2D eigenvalue weighted by atomic mass is 32.2. The molecule has 5 nitrogen and oxygen atoms in total. The van der Waals surface area contributed by atoms with E-state index < -0.39 is 0 Å². The van der Waals surface area contributed by atoms with Crippen molar-refractivity contribution in [1.29, 1.82) is 0 Å². The molecule has 19 heavy (non-hydrogen) atoms. The average Bonchev–Trinajstić information content (AvgIpc) is 2.39. The molecule has 0 aliphatic heterocycles. The van der Waals surface area contributed by atoms with Gasteiger partial charge >= 0.3 is 0 Å². The smallest absolute Gasteiger partial charge is 0.158 e. The van der Waals surface area contributed by atoms with Gasteiger partial charge in [-0.05, 0) is 30.5 Å². The van der Waals surface area contributed by atoms with Gasteiger partial charge in [-0.3, -0.25) is 0 Å². The summed E-state index contributed by atoms with van der Waals surface area (Å²) in [5, 5.41) is 3.20. The Morgan fingerprint density at radius 1 is 1.26 bits per heavy atom. The van der Waals surface area contributed by atoms with Crippen molar-refractivity contribution in [3.63, 3.8) is 0 Å². The average molecular weight is 276 g/mol. The number of nitrogen functional groups attached to an aromatic ring is 1. The Morgan fingerprint density at radius 2 is 2.00 bits per heavy atom. The lowest BCUT2D eigenvalue weighted by Crippen LogP contribution is -2.04. The van der Waals surface area contributed by atoms with Gasteiger partial charge in [0.15, 0.2) is 5.82 Å². The van der Waals surface area contributed by atoms with Crippen molar-refractivity contribution < 1.29 is 4.74 Å². The van der Waals surface area contributed by atoms with E-state index in [1.807, 2.05) is 30.5 Å². The van der Waals surface area contributed by atoms with Crippen molar-refractivity contribution >= 4 is 29.1 Å². The summed E-state index contributed by atoms with van der Waals surface area (Å²) >= 11 is 1.71. The number of thioether (sulfide) groups is 1. The summed E-state index contributed by atoms with van der Waals surface area (Å²) in [5.74, 6) is 1.65.